The zero-order chi connectivity index (χ0) is 17.1. The number of rotatable bonds is 4. The maximum absolute atomic E-state index is 12.6. The summed E-state index contributed by atoms with van der Waals surface area (Å²) in [6, 6.07) is 3.53. The summed E-state index contributed by atoms with van der Waals surface area (Å²) >= 11 is 1.68. The molecule has 2 aromatic heterocycles. The Morgan fingerprint density at radius 3 is 2.96 bits per heavy atom. The number of likely N-dealkylation sites (tertiary alicyclic amines) is 1. The van der Waals surface area contributed by atoms with Crippen LogP contribution < -0.4 is 10.1 Å². The van der Waals surface area contributed by atoms with E-state index >= 15 is 0 Å². The molecule has 128 valence electrons. The van der Waals surface area contributed by atoms with E-state index in [9.17, 15) is 4.79 Å². The largest absolute Gasteiger partial charge is 0.481 e. The second kappa shape index (κ2) is 7.17. The van der Waals surface area contributed by atoms with E-state index < -0.39 is 0 Å². The van der Waals surface area contributed by atoms with E-state index in [-0.39, 0.29) is 6.03 Å². The summed E-state index contributed by atoms with van der Waals surface area (Å²) < 4.78 is 5.14. The molecule has 1 aliphatic heterocycles. The van der Waals surface area contributed by atoms with Crippen LogP contribution in [0.25, 0.3) is 0 Å². The summed E-state index contributed by atoms with van der Waals surface area (Å²) in [6.45, 7) is 5.47. The number of aromatic nitrogens is 2. The molecule has 0 bridgehead atoms. The summed E-state index contributed by atoms with van der Waals surface area (Å²) in [5.74, 6) is 0.902. The number of anilines is 1. The second-order valence-electron chi connectivity index (χ2n) is 5.89. The fourth-order valence-electron chi connectivity index (χ4n) is 2.88. The standard InChI is InChI=1S/C17H22N4O2S/c1-4-13-14(5-6-15(19-13)23-3)20-17(22)21-8-7-12(9-21)16-18-11(2)10-24-16/h5-6,10,12H,4,7-9H2,1-3H3,(H,20,22). The maximum Gasteiger partial charge on any atom is 0.321 e. The lowest BCUT2D eigenvalue weighted by atomic mass is 10.1. The van der Waals surface area contributed by atoms with Crippen LogP contribution in [0.1, 0.15) is 35.7 Å². The van der Waals surface area contributed by atoms with Crippen LogP contribution in [0.3, 0.4) is 0 Å². The van der Waals surface area contributed by atoms with Crippen LogP contribution in [0.15, 0.2) is 17.5 Å². The second-order valence-corrected chi connectivity index (χ2v) is 6.78. The number of hydrogen-bond acceptors (Lipinski definition) is 5. The lowest BCUT2D eigenvalue weighted by Gasteiger charge is -2.18. The number of methoxy groups -OCH3 is 1. The molecule has 2 aromatic rings. The van der Waals surface area contributed by atoms with Gasteiger partial charge in [-0.05, 0) is 25.8 Å². The van der Waals surface area contributed by atoms with Crippen LogP contribution in [-0.2, 0) is 6.42 Å². The fraction of sp³-hybridized carbons (Fsp3) is 0.471. The maximum atomic E-state index is 12.6. The topological polar surface area (TPSA) is 67.3 Å². The van der Waals surface area contributed by atoms with Gasteiger partial charge in [0.15, 0.2) is 0 Å². The number of pyridine rings is 1. The van der Waals surface area contributed by atoms with Gasteiger partial charge in [0, 0.05) is 36.1 Å². The molecule has 3 heterocycles. The summed E-state index contributed by atoms with van der Waals surface area (Å²) in [6.07, 6.45) is 1.69. The Kier molecular flexibility index (Phi) is 4.99. The predicted molar refractivity (Wildman–Crippen MR) is 95.0 cm³/mol. The number of hydrogen-bond donors (Lipinski definition) is 1. The molecule has 6 nitrogen and oxygen atoms in total. The van der Waals surface area contributed by atoms with Crippen molar-refractivity contribution in [1.82, 2.24) is 14.9 Å². The van der Waals surface area contributed by atoms with Crippen LogP contribution in [0.2, 0.25) is 0 Å². The Balaban J connectivity index is 1.65. The highest BCUT2D eigenvalue weighted by molar-refractivity contribution is 7.09. The first-order valence-corrected chi connectivity index (χ1v) is 9.00. The predicted octanol–water partition coefficient (Wildman–Crippen LogP) is 3.44. The first-order chi connectivity index (χ1) is 11.6. The van der Waals surface area contributed by atoms with Gasteiger partial charge in [0.25, 0.3) is 0 Å². The highest BCUT2D eigenvalue weighted by atomic mass is 32.1. The van der Waals surface area contributed by atoms with E-state index in [1.807, 2.05) is 24.8 Å². The fourth-order valence-corrected chi connectivity index (χ4v) is 3.80. The number of aryl methyl sites for hydroxylation is 2. The zero-order valence-electron chi connectivity index (χ0n) is 14.2. The van der Waals surface area contributed by atoms with Gasteiger partial charge in [0.2, 0.25) is 5.88 Å². The summed E-state index contributed by atoms with van der Waals surface area (Å²) in [7, 11) is 1.59. The molecule has 0 saturated carbocycles. The van der Waals surface area contributed by atoms with Crippen molar-refractivity contribution in [2.45, 2.75) is 32.6 Å². The van der Waals surface area contributed by atoms with Crippen LogP contribution in [0.5, 0.6) is 5.88 Å². The Labute approximate surface area is 145 Å². The van der Waals surface area contributed by atoms with Crippen molar-refractivity contribution in [1.29, 1.82) is 0 Å². The third-order valence-electron chi connectivity index (χ3n) is 4.20. The van der Waals surface area contributed by atoms with E-state index in [4.69, 9.17) is 4.74 Å². The van der Waals surface area contributed by atoms with Gasteiger partial charge in [-0.3, -0.25) is 0 Å². The van der Waals surface area contributed by atoms with Crippen molar-refractivity contribution in [3.8, 4) is 5.88 Å². The average molecular weight is 346 g/mol. The third-order valence-corrected chi connectivity index (χ3v) is 5.32. The van der Waals surface area contributed by atoms with Crippen molar-refractivity contribution in [2.24, 2.45) is 0 Å². The van der Waals surface area contributed by atoms with Crippen LogP contribution in [0.4, 0.5) is 10.5 Å². The van der Waals surface area contributed by atoms with Crippen molar-refractivity contribution >= 4 is 23.1 Å². The molecule has 2 amide bonds. The molecular formula is C17H22N4O2S. The van der Waals surface area contributed by atoms with Gasteiger partial charge >= 0.3 is 6.03 Å². The minimum atomic E-state index is -0.0764. The van der Waals surface area contributed by atoms with Gasteiger partial charge in [0.05, 0.1) is 23.5 Å². The quantitative estimate of drug-likeness (QED) is 0.921. The highest BCUT2D eigenvalue weighted by Gasteiger charge is 2.29. The summed E-state index contributed by atoms with van der Waals surface area (Å²) in [5.41, 5.74) is 2.63. The number of nitrogens with one attached hydrogen (secondary N) is 1. The molecule has 0 spiro atoms. The van der Waals surface area contributed by atoms with E-state index in [0.717, 1.165) is 41.5 Å². The molecule has 1 N–H and O–H groups in total. The van der Waals surface area contributed by atoms with E-state index in [2.05, 4.69) is 20.7 Å². The Morgan fingerprint density at radius 2 is 2.29 bits per heavy atom. The minimum absolute atomic E-state index is 0.0764. The monoisotopic (exact) mass is 346 g/mol. The Bertz CT molecular complexity index is 731. The highest BCUT2D eigenvalue weighted by Crippen LogP contribution is 2.30. The molecule has 1 fully saturated rings. The molecule has 1 unspecified atom stereocenters. The van der Waals surface area contributed by atoms with Gasteiger partial charge < -0.3 is 15.0 Å². The zero-order valence-corrected chi connectivity index (χ0v) is 15.0. The van der Waals surface area contributed by atoms with Crippen molar-refractivity contribution in [3.63, 3.8) is 0 Å². The van der Waals surface area contributed by atoms with Crippen molar-refractivity contribution < 1.29 is 9.53 Å². The lowest BCUT2D eigenvalue weighted by Crippen LogP contribution is -2.33. The molecule has 0 aromatic carbocycles. The van der Waals surface area contributed by atoms with E-state index in [1.54, 1.807) is 24.5 Å². The minimum Gasteiger partial charge on any atom is -0.481 e. The molecule has 24 heavy (non-hydrogen) atoms. The number of amides is 2. The average Bonchev–Trinajstić information content (AvgIpc) is 3.24. The number of carbonyl (C=O) groups is 1. The van der Waals surface area contributed by atoms with E-state index in [1.165, 1.54) is 0 Å². The van der Waals surface area contributed by atoms with Crippen molar-refractivity contribution in [3.05, 3.63) is 33.9 Å². The first-order valence-electron chi connectivity index (χ1n) is 8.12. The number of thiazole rings is 1. The molecule has 1 aliphatic rings. The van der Waals surface area contributed by atoms with Crippen LogP contribution >= 0.6 is 11.3 Å². The number of nitrogens with zero attached hydrogens (tertiary/aromatic N) is 3. The van der Waals surface area contributed by atoms with Gasteiger partial charge in [0.1, 0.15) is 0 Å². The molecule has 1 saturated heterocycles. The van der Waals surface area contributed by atoms with E-state index in [0.29, 0.717) is 18.3 Å². The molecule has 1 atom stereocenters. The summed E-state index contributed by atoms with van der Waals surface area (Å²) in [4.78, 5) is 23.4. The Morgan fingerprint density at radius 1 is 1.46 bits per heavy atom. The van der Waals surface area contributed by atoms with Gasteiger partial charge in [-0.2, -0.15) is 0 Å². The Hall–Kier alpha value is -2.15. The molecule has 0 radical (unpaired) electrons. The SMILES string of the molecule is CCc1nc(OC)ccc1NC(=O)N1CCC(c2nc(C)cs2)C1. The lowest BCUT2D eigenvalue weighted by molar-refractivity contribution is 0.222. The van der Waals surface area contributed by atoms with Gasteiger partial charge in [-0.1, -0.05) is 6.92 Å². The van der Waals surface area contributed by atoms with Gasteiger partial charge in [-0.25, -0.2) is 14.8 Å². The summed E-state index contributed by atoms with van der Waals surface area (Å²) in [5, 5.41) is 6.18. The first kappa shape index (κ1) is 16.7. The van der Waals surface area contributed by atoms with Crippen LogP contribution in [-0.4, -0.2) is 41.1 Å². The molecular weight excluding hydrogens is 324 g/mol. The smallest absolute Gasteiger partial charge is 0.321 e. The number of carbonyl (C=O) groups excluding carboxylic acids is 1. The number of urea groups is 1. The molecule has 0 aliphatic carbocycles. The molecule has 3 rings (SSSR count). The number of ether oxygens (including phenoxy) is 1. The van der Waals surface area contributed by atoms with Gasteiger partial charge in [-0.15, -0.1) is 11.3 Å². The van der Waals surface area contributed by atoms with Crippen molar-refractivity contribution in [2.75, 3.05) is 25.5 Å². The van der Waals surface area contributed by atoms with Crippen LogP contribution in [0, 0.1) is 6.92 Å². The molecule has 7 heteroatoms. The third kappa shape index (κ3) is 3.51. The normalized spacial score (nSPS) is 17.1.